The van der Waals surface area contributed by atoms with Crippen molar-refractivity contribution < 1.29 is 8.42 Å². The fourth-order valence-corrected chi connectivity index (χ4v) is 4.81. The Morgan fingerprint density at radius 2 is 2.00 bits per heavy atom. The lowest BCUT2D eigenvalue weighted by atomic mass is 10.2. The summed E-state index contributed by atoms with van der Waals surface area (Å²) in [5.74, 6) is 2.07. The molecule has 1 aliphatic rings. The molecule has 0 spiro atoms. The number of hydrogen-bond acceptors (Lipinski definition) is 4. The van der Waals surface area contributed by atoms with Crippen LogP contribution in [0.4, 0.5) is 0 Å². The Labute approximate surface area is 162 Å². The van der Waals surface area contributed by atoms with Gasteiger partial charge in [-0.1, -0.05) is 19.1 Å². The van der Waals surface area contributed by atoms with E-state index in [0.717, 1.165) is 36.9 Å². The summed E-state index contributed by atoms with van der Waals surface area (Å²) in [7, 11) is -0.308. The quantitative estimate of drug-likeness (QED) is 0.588. The van der Waals surface area contributed by atoms with Gasteiger partial charge in [-0.15, -0.1) is 0 Å². The summed E-state index contributed by atoms with van der Waals surface area (Å²) >= 11 is 2.04. The van der Waals surface area contributed by atoms with Crippen molar-refractivity contribution in [1.29, 1.82) is 0 Å². The summed E-state index contributed by atoms with van der Waals surface area (Å²) in [5, 5.41) is 4.04. The molecule has 0 bridgehead atoms. The van der Waals surface area contributed by atoms with Crippen LogP contribution in [-0.4, -0.2) is 68.3 Å². The molecule has 1 saturated heterocycles. The molecule has 1 aromatic rings. The Balaban J connectivity index is 2.09. The van der Waals surface area contributed by atoms with Gasteiger partial charge in [0.15, 0.2) is 5.96 Å². The van der Waals surface area contributed by atoms with Gasteiger partial charge in [-0.2, -0.15) is 11.8 Å². The zero-order valence-corrected chi connectivity index (χ0v) is 17.7. The molecule has 1 unspecified atom stereocenters. The first-order valence-corrected chi connectivity index (χ1v) is 11.5. The standard InChI is InChI=1S/C18H30N4O2S2/c1-5-16-14-22(11-12-25-16)18(19-6-2)20-13-15-7-9-17(10-8-15)26(23,24)21(3)4/h7-10,16H,5-6,11-14H2,1-4H3,(H,19,20). The largest absolute Gasteiger partial charge is 0.357 e. The van der Waals surface area contributed by atoms with E-state index in [2.05, 4.69) is 24.1 Å². The van der Waals surface area contributed by atoms with Crippen molar-refractivity contribution in [2.24, 2.45) is 4.99 Å². The average Bonchev–Trinajstić information content (AvgIpc) is 2.65. The maximum Gasteiger partial charge on any atom is 0.242 e. The van der Waals surface area contributed by atoms with Crippen molar-refractivity contribution in [3.8, 4) is 0 Å². The first kappa shape index (κ1) is 21.1. The molecule has 2 rings (SSSR count). The van der Waals surface area contributed by atoms with Crippen LogP contribution in [0.15, 0.2) is 34.2 Å². The second-order valence-electron chi connectivity index (χ2n) is 6.45. The number of nitrogens with one attached hydrogen (secondary N) is 1. The number of thioether (sulfide) groups is 1. The van der Waals surface area contributed by atoms with Gasteiger partial charge < -0.3 is 10.2 Å². The van der Waals surface area contributed by atoms with E-state index >= 15 is 0 Å². The fourth-order valence-electron chi connectivity index (χ4n) is 2.73. The normalized spacial score (nSPS) is 19.0. The van der Waals surface area contributed by atoms with E-state index in [1.165, 1.54) is 24.8 Å². The van der Waals surface area contributed by atoms with Crippen molar-refractivity contribution in [3.05, 3.63) is 29.8 Å². The maximum atomic E-state index is 12.1. The van der Waals surface area contributed by atoms with E-state index in [9.17, 15) is 8.42 Å². The highest BCUT2D eigenvalue weighted by molar-refractivity contribution is 8.00. The molecule has 0 radical (unpaired) electrons. The Hall–Kier alpha value is -1.25. The van der Waals surface area contributed by atoms with Crippen LogP contribution in [0.1, 0.15) is 25.8 Å². The second kappa shape index (κ2) is 9.62. The molecule has 0 aliphatic carbocycles. The predicted molar refractivity (Wildman–Crippen MR) is 110 cm³/mol. The Morgan fingerprint density at radius 3 is 2.58 bits per heavy atom. The van der Waals surface area contributed by atoms with E-state index < -0.39 is 10.0 Å². The van der Waals surface area contributed by atoms with E-state index in [0.29, 0.717) is 16.7 Å². The van der Waals surface area contributed by atoms with Crippen LogP contribution >= 0.6 is 11.8 Å². The Kier molecular flexibility index (Phi) is 7.79. The third kappa shape index (κ3) is 5.37. The lowest BCUT2D eigenvalue weighted by molar-refractivity contribution is 0.408. The van der Waals surface area contributed by atoms with Gasteiger partial charge in [-0.3, -0.25) is 0 Å². The van der Waals surface area contributed by atoms with Crippen LogP contribution in [0.5, 0.6) is 0 Å². The van der Waals surface area contributed by atoms with Gasteiger partial charge in [0.25, 0.3) is 0 Å². The topological polar surface area (TPSA) is 65.0 Å². The number of sulfonamides is 1. The first-order chi connectivity index (χ1) is 12.4. The van der Waals surface area contributed by atoms with Gasteiger partial charge in [-0.05, 0) is 31.0 Å². The van der Waals surface area contributed by atoms with E-state index in [-0.39, 0.29) is 0 Å². The zero-order valence-electron chi connectivity index (χ0n) is 16.1. The summed E-state index contributed by atoms with van der Waals surface area (Å²) in [6.45, 7) is 7.70. The number of rotatable bonds is 6. The van der Waals surface area contributed by atoms with Crippen molar-refractivity contribution in [2.45, 2.75) is 37.0 Å². The van der Waals surface area contributed by atoms with Gasteiger partial charge >= 0.3 is 0 Å². The molecular formula is C18H30N4O2S2. The van der Waals surface area contributed by atoms with Crippen LogP contribution in [0.25, 0.3) is 0 Å². The molecule has 26 heavy (non-hydrogen) atoms. The third-order valence-electron chi connectivity index (χ3n) is 4.34. The third-order valence-corrected chi connectivity index (χ3v) is 7.54. The van der Waals surface area contributed by atoms with E-state index in [1.807, 2.05) is 23.9 Å². The lowest BCUT2D eigenvalue weighted by Crippen LogP contribution is -2.48. The molecule has 1 atom stereocenters. The number of hydrogen-bond donors (Lipinski definition) is 1. The SMILES string of the molecule is CCNC(=NCc1ccc(S(=O)(=O)N(C)C)cc1)N1CCSC(CC)C1. The van der Waals surface area contributed by atoms with Gasteiger partial charge in [0.2, 0.25) is 10.0 Å². The summed E-state index contributed by atoms with van der Waals surface area (Å²) in [6, 6.07) is 6.98. The number of guanidine groups is 1. The average molecular weight is 399 g/mol. The summed E-state index contributed by atoms with van der Waals surface area (Å²) in [4.78, 5) is 7.40. The molecule has 1 heterocycles. The Bertz CT molecular complexity index is 702. The monoisotopic (exact) mass is 398 g/mol. The molecular weight excluding hydrogens is 368 g/mol. The lowest BCUT2D eigenvalue weighted by Gasteiger charge is -2.34. The van der Waals surface area contributed by atoms with Crippen molar-refractivity contribution in [1.82, 2.24) is 14.5 Å². The van der Waals surface area contributed by atoms with Crippen LogP contribution < -0.4 is 5.32 Å². The highest BCUT2D eigenvalue weighted by Gasteiger charge is 2.21. The molecule has 1 N–H and O–H groups in total. The van der Waals surface area contributed by atoms with Crippen LogP contribution in [0.2, 0.25) is 0 Å². The minimum absolute atomic E-state index is 0.306. The van der Waals surface area contributed by atoms with Crippen LogP contribution in [0.3, 0.4) is 0 Å². The van der Waals surface area contributed by atoms with Crippen molar-refractivity contribution in [2.75, 3.05) is 39.5 Å². The van der Waals surface area contributed by atoms with Crippen molar-refractivity contribution >= 4 is 27.7 Å². The molecule has 1 aliphatic heterocycles. The molecule has 6 nitrogen and oxygen atoms in total. The highest BCUT2D eigenvalue weighted by Crippen LogP contribution is 2.21. The molecule has 0 amide bonds. The van der Waals surface area contributed by atoms with Crippen LogP contribution in [-0.2, 0) is 16.6 Å². The van der Waals surface area contributed by atoms with E-state index in [4.69, 9.17) is 4.99 Å². The molecule has 0 saturated carbocycles. The molecule has 1 aromatic carbocycles. The Morgan fingerprint density at radius 1 is 1.31 bits per heavy atom. The van der Waals surface area contributed by atoms with E-state index in [1.54, 1.807) is 12.1 Å². The van der Waals surface area contributed by atoms with Crippen molar-refractivity contribution in [3.63, 3.8) is 0 Å². The van der Waals surface area contributed by atoms with Gasteiger partial charge in [0, 0.05) is 44.7 Å². The summed E-state index contributed by atoms with van der Waals surface area (Å²) in [5.41, 5.74) is 0.997. The van der Waals surface area contributed by atoms with Crippen LogP contribution in [0, 0.1) is 0 Å². The number of benzene rings is 1. The smallest absolute Gasteiger partial charge is 0.242 e. The number of nitrogens with zero attached hydrogens (tertiary/aromatic N) is 3. The molecule has 8 heteroatoms. The molecule has 146 valence electrons. The summed E-state index contributed by atoms with van der Waals surface area (Å²) < 4.78 is 25.5. The minimum Gasteiger partial charge on any atom is -0.357 e. The number of aliphatic imine (C=N–C) groups is 1. The summed E-state index contributed by atoms with van der Waals surface area (Å²) in [6.07, 6.45) is 1.17. The van der Waals surface area contributed by atoms with Gasteiger partial charge in [0.1, 0.15) is 0 Å². The van der Waals surface area contributed by atoms with Gasteiger partial charge in [-0.25, -0.2) is 17.7 Å². The van der Waals surface area contributed by atoms with Gasteiger partial charge in [0.05, 0.1) is 11.4 Å². The first-order valence-electron chi connectivity index (χ1n) is 9.04. The minimum atomic E-state index is -3.39. The predicted octanol–water partition coefficient (Wildman–Crippen LogP) is 2.23. The maximum absolute atomic E-state index is 12.1. The highest BCUT2D eigenvalue weighted by atomic mass is 32.2. The molecule has 1 fully saturated rings. The fraction of sp³-hybridized carbons (Fsp3) is 0.611. The zero-order chi connectivity index (χ0) is 19.2. The molecule has 0 aromatic heterocycles. The second-order valence-corrected chi connectivity index (χ2v) is 10.0.